The average molecular weight is 397 g/mol. The van der Waals surface area contributed by atoms with Crippen LogP contribution in [0.2, 0.25) is 5.15 Å². The van der Waals surface area contributed by atoms with Gasteiger partial charge in [-0.1, -0.05) is 11.6 Å². The minimum atomic E-state index is -0.549. The van der Waals surface area contributed by atoms with Crippen LogP contribution in [0.25, 0.3) is 5.69 Å². The number of carbonyl (C=O) groups excluding carboxylic acids is 1. The monoisotopic (exact) mass is 395 g/mol. The summed E-state index contributed by atoms with van der Waals surface area (Å²) in [5.41, 5.74) is 0.692. The fourth-order valence-electron chi connectivity index (χ4n) is 1.88. The van der Waals surface area contributed by atoms with Crippen LogP contribution in [0, 0.1) is 5.82 Å². The Balaban J connectivity index is 1.84. The SMILES string of the molecule is O=C(Nc1ccc(-n2cncn2)c(F)c1)c1cc(Br)cnc1Cl. The van der Waals surface area contributed by atoms with Crippen LogP contribution < -0.4 is 5.32 Å². The highest BCUT2D eigenvalue weighted by Gasteiger charge is 2.14. The molecule has 0 aliphatic carbocycles. The molecule has 116 valence electrons. The topological polar surface area (TPSA) is 72.7 Å². The summed E-state index contributed by atoms with van der Waals surface area (Å²) in [6, 6.07) is 5.76. The van der Waals surface area contributed by atoms with Crippen LogP contribution in [-0.2, 0) is 0 Å². The van der Waals surface area contributed by atoms with E-state index in [1.165, 1.54) is 41.7 Å². The fraction of sp³-hybridized carbons (Fsp3) is 0. The van der Waals surface area contributed by atoms with Crippen LogP contribution in [-0.4, -0.2) is 25.7 Å². The van der Waals surface area contributed by atoms with Crippen LogP contribution in [0.4, 0.5) is 10.1 Å². The lowest BCUT2D eigenvalue weighted by molar-refractivity contribution is 0.102. The van der Waals surface area contributed by atoms with E-state index in [4.69, 9.17) is 11.6 Å². The Labute approximate surface area is 143 Å². The van der Waals surface area contributed by atoms with Crippen LogP contribution in [0.5, 0.6) is 0 Å². The number of anilines is 1. The van der Waals surface area contributed by atoms with Crippen LogP contribution >= 0.6 is 27.5 Å². The maximum atomic E-state index is 14.1. The fourth-order valence-corrected chi connectivity index (χ4v) is 2.40. The Morgan fingerprint density at radius 2 is 2.17 bits per heavy atom. The molecule has 0 atom stereocenters. The first-order valence-corrected chi connectivity index (χ1v) is 7.48. The first-order valence-electron chi connectivity index (χ1n) is 6.31. The lowest BCUT2D eigenvalue weighted by Gasteiger charge is -2.09. The van der Waals surface area contributed by atoms with E-state index in [-0.39, 0.29) is 22.1 Å². The minimum absolute atomic E-state index is 0.0606. The summed E-state index contributed by atoms with van der Waals surface area (Å²) < 4.78 is 16.0. The Kier molecular flexibility index (Phi) is 4.35. The third-order valence-corrected chi connectivity index (χ3v) is 3.66. The van der Waals surface area contributed by atoms with Crippen molar-refractivity contribution in [2.24, 2.45) is 0 Å². The van der Waals surface area contributed by atoms with E-state index in [0.717, 1.165) is 0 Å². The number of rotatable bonds is 3. The number of nitrogens with zero attached hydrogens (tertiary/aromatic N) is 4. The van der Waals surface area contributed by atoms with Gasteiger partial charge in [0.1, 0.15) is 23.5 Å². The molecule has 0 saturated carbocycles. The van der Waals surface area contributed by atoms with Gasteiger partial charge in [-0.3, -0.25) is 4.79 Å². The van der Waals surface area contributed by atoms with Crippen molar-refractivity contribution < 1.29 is 9.18 Å². The molecule has 1 amide bonds. The molecule has 0 radical (unpaired) electrons. The first kappa shape index (κ1) is 15.6. The second-order valence-electron chi connectivity index (χ2n) is 4.45. The smallest absolute Gasteiger partial charge is 0.258 e. The standard InChI is InChI=1S/C14H8BrClFN5O/c15-8-3-10(13(16)19-5-8)14(23)21-9-1-2-12(11(17)4-9)22-7-18-6-20-22/h1-7H,(H,21,23). The summed E-state index contributed by atoms with van der Waals surface area (Å²) in [4.78, 5) is 19.8. The van der Waals surface area contributed by atoms with Gasteiger partial charge in [0.15, 0.2) is 5.82 Å². The predicted molar refractivity (Wildman–Crippen MR) is 86.2 cm³/mol. The van der Waals surface area contributed by atoms with Crippen molar-refractivity contribution in [2.75, 3.05) is 5.32 Å². The molecular formula is C14H8BrClFN5O. The van der Waals surface area contributed by atoms with Gasteiger partial charge >= 0.3 is 0 Å². The van der Waals surface area contributed by atoms with Crippen molar-refractivity contribution >= 4 is 39.1 Å². The number of carbonyl (C=O) groups is 1. The van der Waals surface area contributed by atoms with Crippen LogP contribution in [0.1, 0.15) is 10.4 Å². The average Bonchev–Trinajstić information content (AvgIpc) is 3.04. The zero-order valence-electron chi connectivity index (χ0n) is 11.4. The van der Waals surface area contributed by atoms with Crippen molar-refractivity contribution in [3.8, 4) is 5.69 Å². The van der Waals surface area contributed by atoms with Gasteiger partial charge < -0.3 is 5.32 Å². The summed E-state index contributed by atoms with van der Waals surface area (Å²) in [6.07, 6.45) is 4.16. The molecule has 0 fully saturated rings. The van der Waals surface area contributed by atoms with Gasteiger partial charge in [-0.15, -0.1) is 0 Å². The highest BCUT2D eigenvalue weighted by molar-refractivity contribution is 9.10. The molecule has 2 aromatic heterocycles. The predicted octanol–water partition coefficient (Wildman–Crippen LogP) is 3.47. The molecule has 3 aromatic rings. The van der Waals surface area contributed by atoms with Gasteiger partial charge in [-0.05, 0) is 40.2 Å². The minimum Gasteiger partial charge on any atom is -0.322 e. The molecule has 6 nitrogen and oxygen atoms in total. The second kappa shape index (κ2) is 6.43. The van der Waals surface area contributed by atoms with E-state index < -0.39 is 11.7 Å². The Morgan fingerprint density at radius 1 is 1.35 bits per heavy atom. The second-order valence-corrected chi connectivity index (χ2v) is 5.73. The molecule has 0 saturated heterocycles. The lowest BCUT2D eigenvalue weighted by Crippen LogP contribution is -2.13. The van der Waals surface area contributed by atoms with Crippen LogP contribution in [0.3, 0.4) is 0 Å². The van der Waals surface area contributed by atoms with E-state index in [1.54, 1.807) is 6.07 Å². The maximum Gasteiger partial charge on any atom is 0.258 e. The number of aromatic nitrogens is 4. The summed E-state index contributed by atoms with van der Waals surface area (Å²) in [7, 11) is 0. The molecule has 3 rings (SSSR count). The van der Waals surface area contributed by atoms with Gasteiger partial charge in [-0.2, -0.15) is 5.10 Å². The van der Waals surface area contributed by atoms with Gasteiger partial charge in [0.25, 0.3) is 5.91 Å². The maximum absolute atomic E-state index is 14.1. The summed E-state index contributed by atoms with van der Waals surface area (Å²) >= 11 is 9.11. The Morgan fingerprint density at radius 3 is 2.87 bits per heavy atom. The van der Waals surface area contributed by atoms with E-state index in [9.17, 15) is 9.18 Å². The molecule has 23 heavy (non-hydrogen) atoms. The summed E-state index contributed by atoms with van der Waals surface area (Å²) in [5, 5.41) is 6.48. The number of hydrogen-bond donors (Lipinski definition) is 1. The number of benzene rings is 1. The quantitative estimate of drug-likeness (QED) is 0.688. The molecule has 0 unspecified atom stereocenters. The van der Waals surface area contributed by atoms with Crippen molar-refractivity contribution in [2.45, 2.75) is 0 Å². The number of pyridine rings is 1. The summed E-state index contributed by atoms with van der Waals surface area (Å²) in [6.45, 7) is 0. The number of hydrogen-bond acceptors (Lipinski definition) is 4. The molecule has 9 heteroatoms. The van der Waals surface area contributed by atoms with E-state index in [2.05, 4.69) is 36.3 Å². The van der Waals surface area contributed by atoms with E-state index >= 15 is 0 Å². The van der Waals surface area contributed by atoms with Crippen molar-refractivity contribution in [1.29, 1.82) is 0 Å². The van der Waals surface area contributed by atoms with Gasteiger partial charge in [0.2, 0.25) is 0 Å². The molecule has 0 spiro atoms. The molecule has 1 aromatic carbocycles. The Hall–Kier alpha value is -2.32. The van der Waals surface area contributed by atoms with Crippen LogP contribution in [0.15, 0.2) is 47.6 Å². The molecule has 2 heterocycles. The lowest BCUT2D eigenvalue weighted by atomic mass is 10.2. The third kappa shape index (κ3) is 3.38. The molecule has 0 bridgehead atoms. The van der Waals surface area contributed by atoms with Crippen molar-refractivity contribution in [3.05, 3.63) is 64.1 Å². The third-order valence-electron chi connectivity index (χ3n) is 2.92. The zero-order chi connectivity index (χ0) is 16.4. The number of halogens is 3. The number of nitrogens with one attached hydrogen (secondary N) is 1. The van der Waals surface area contributed by atoms with Gasteiger partial charge in [0, 0.05) is 16.4 Å². The highest BCUT2D eigenvalue weighted by atomic mass is 79.9. The highest BCUT2D eigenvalue weighted by Crippen LogP contribution is 2.21. The van der Waals surface area contributed by atoms with Gasteiger partial charge in [-0.25, -0.2) is 19.0 Å². The molecular weight excluding hydrogens is 389 g/mol. The zero-order valence-corrected chi connectivity index (χ0v) is 13.7. The Bertz CT molecular complexity index is 872. The molecule has 0 aliphatic heterocycles. The molecule has 0 aliphatic rings. The van der Waals surface area contributed by atoms with Gasteiger partial charge in [0.05, 0.1) is 5.56 Å². The van der Waals surface area contributed by atoms with E-state index in [0.29, 0.717) is 4.47 Å². The molecule has 1 N–H and O–H groups in total. The number of amides is 1. The van der Waals surface area contributed by atoms with E-state index in [1.807, 2.05) is 0 Å². The largest absolute Gasteiger partial charge is 0.322 e. The van der Waals surface area contributed by atoms with Crippen molar-refractivity contribution in [3.63, 3.8) is 0 Å². The van der Waals surface area contributed by atoms with Crippen molar-refractivity contribution in [1.82, 2.24) is 19.7 Å². The normalized spacial score (nSPS) is 10.6. The first-order chi connectivity index (χ1) is 11.0. The summed E-state index contributed by atoms with van der Waals surface area (Å²) in [5.74, 6) is -1.04.